The molecule has 0 heterocycles. The molecule has 3 heteroatoms. The van der Waals surface area contributed by atoms with E-state index in [2.05, 4.69) is 13.5 Å². The number of carbonyl (C=O) groups is 1. The molecule has 2 nitrogen and oxygen atoms in total. The van der Waals surface area contributed by atoms with E-state index in [1.54, 1.807) is 11.0 Å². The van der Waals surface area contributed by atoms with Crippen molar-refractivity contribution in [2.24, 2.45) is 0 Å². The SMILES string of the molecule is C=CCN(CCCC)C(=O)Cl. The highest BCUT2D eigenvalue weighted by atomic mass is 35.5. The van der Waals surface area contributed by atoms with Gasteiger partial charge in [0.25, 0.3) is 0 Å². The van der Waals surface area contributed by atoms with Crippen LogP contribution in [-0.2, 0) is 0 Å². The first kappa shape index (κ1) is 10.5. The Bertz CT molecular complexity index is 136. The number of unbranched alkanes of at least 4 members (excludes halogenated alkanes) is 1. The van der Waals surface area contributed by atoms with Crippen LogP contribution in [-0.4, -0.2) is 23.4 Å². The fourth-order valence-electron chi connectivity index (χ4n) is 0.756. The number of hydrogen-bond acceptors (Lipinski definition) is 1. The minimum absolute atomic E-state index is 0.390. The first-order chi connectivity index (χ1) is 5.22. The lowest BCUT2D eigenvalue weighted by Crippen LogP contribution is -2.27. The lowest BCUT2D eigenvalue weighted by atomic mass is 10.3. The van der Waals surface area contributed by atoms with Gasteiger partial charge in [0.2, 0.25) is 0 Å². The van der Waals surface area contributed by atoms with Crippen molar-refractivity contribution in [2.45, 2.75) is 19.8 Å². The molecule has 0 atom stereocenters. The molecular weight excluding hydrogens is 162 g/mol. The Morgan fingerprint density at radius 1 is 1.73 bits per heavy atom. The third kappa shape index (κ3) is 4.85. The minimum atomic E-state index is -0.390. The average molecular weight is 176 g/mol. The summed E-state index contributed by atoms with van der Waals surface area (Å²) in [5.41, 5.74) is 0. The van der Waals surface area contributed by atoms with Crippen LogP contribution in [0.4, 0.5) is 4.79 Å². The zero-order valence-corrected chi connectivity index (χ0v) is 7.60. The van der Waals surface area contributed by atoms with Crippen molar-refractivity contribution >= 4 is 17.0 Å². The Kier molecular flexibility index (Phi) is 5.94. The van der Waals surface area contributed by atoms with Crippen LogP contribution in [0.1, 0.15) is 19.8 Å². The van der Waals surface area contributed by atoms with Gasteiger partial charge in [-0.3, -0.25) is 4.79 Å². The third-order valence-electron chi connectivity index (χ3n) is 1.38. The van der Waals surface area contributed by atoms with E-state index in [0.717, 1.165) is 19.4 Å². The molecule has 0 saturated carbocycles. The topological polar surface area (TPSA) is 20.3 Å². The Hall–Kier alpha value is -0.500. The van der Waals surface area contributed by atoms with Crippen molar-refractivity contribution in [1.82, 2.24) is 4.90 Å². The van der Waals surface area contributed by atoms with E-state index in [9.17, 15) is 4.79 Å². The van der Waals surface area contributed by atoms with E-state index < -0.39 is 5.37 Å². The van der Waals surface area contributed by atoms with Gasteiger partial charge in [0.05, 0.1) is 0 Å². The second-order valence-electron chi connectivity index (χ2n) is 2.34. The summed E-state index contributed by atoms with van der Waals surface area (Å²) in [6.07, 6.45) is 3.74. The van der Waals surface area contributed by atoms with E-state index in [1.165, 1.54) is 0 Å². The lowest BCUT2D eigenvalue weighted by Gasteiger charge is -2.16. The van der Waals surface area contributed by atoms with Gasteiger partial charge in [-0.25, -0.2) is 0 Å². The Labute approximate surface area is 72.8 Å². The first-order valence-electron chi connectivity index (χ1n) is 3.77. The number of rotatable bonds is 5. The summed E-state index contributed by atoms with van der Waals surface area (Å²) in [5, 5.41) is -0.390. The molecule has 0 spiro atoms. The van der Waals surface area contributed by atoms with Crippen molar-refractivity contribution in [3.05, 3.63) is 12.7 Å². The minimum Gasteiger partial charge on any atom is -0.326 e. The van der Waals surface area contributed by atoms with Crippen LogP contribution in [0.15, 0.2) is 12.7 Å². The second kappa shape index (κ2) is 6.23. The van der Waals surface area contributed by atoms with Crippen LogP contribution in [0.25, 0.3) is 0 Å². The van der Waals surface area contributed by atoms with Crippen LogP contribution in [0, 0.1) is 0 Å². The third-order valence-corrected chi connectivity index (χ3v) is 1.62. The van der Waals surface area contributed by atoms with Gasteiger partial charge >= 0.3 is 5.37 Å². The highest BCUT2D eigenvalue weighted by molar-refractivity contribution is 6.62. The molecule has 64 valence electrons. The molecule has 0 fully saturated rings. The van der Waals surface area contributed by atoms with Crippen LogP contribution in [0.3, 0.4) is 0 Å². The number of amides is 1. The van der Waals surface area contributed by atoms with Crippen LogP contribution >= 0.6 is 11.6 Å². The number of halogens is 1. The highest BCUT2D eigenvalue weighted by Gasteiger charge is 2.06. The molecule has 0 aliphatic heterocycles. The molecule has 0 aliphatic carbocycles. The van der Waals surface area contributed by atoms with Crippen molar-refractivity contribution in [2.75, 3.05) is 13.1 Å². The van der Waals surface area contributed by atoms with Crippen molar-refractivity contribution in [1.29, 1.82) is 0 Å². The largest absolute Gasteiger partial charge is 0.326 e. The summed E-state index contributed by atoms with van der Waals surface area (Å²) in [6.45, 7) is 6.88. The summed E-state index contributed by atoms with van der Waals surface area (Å²) >= 11 is 5.30. The molecule has 1 amide bonds. The van der Waals surface area contributed by atoms with Gasteiger partial charge < -0.3 is 4.90 Å². The van der Waals surface area contributed by atoms with E-state index in [-0.39, 0.29) is 0 Å². The maximum Gasteiger partial charge on any atom is 0.316 e. The van der Waals surface area contributed by atoms with Crippen LogP contribution in [0.2, 0.25) is 0 Å². The quantitative estimate of drug-likeness (QED) is 0.357. The Balaban J connectivity index is 3.69. The normalized spacial score (nSPS) is 9.27. The van der Waals surface area contributed by atoms with Gasteiger partial charge in [-0.2, -0.15) is 0 Å². The van der Waals surface area contributed by atoms with Crippen LogP contribution in [0.5, 0.6) is 0 Å². The number of hydrogen-bond donors (Lipinski definition) is 0. The maximum atomic E-state index is 10.7. The van der Waals surface area contributed by atoms with E-state index >= 15 is 0 Å². The van der Waals surface area contributed by atoms with Crippen molar-refractivity contribution < 1.29 is 4.79 Å². The number of nitrogens with zero attached hydrogens (tertiary/aromatic N) is 1. The fraction of sp³-hybridized carbons (Fsp3) is 0.625. The maximum absolute atomic E-state index is 10.7. The lowest BCUT2D eigenvalue weighted by molar-refractivity contribution is 0.226. The zero-order chi connectivity index (χ0) is 8.69. The molecule has 0 aromatic heterocycles. The standard InChI is InChI=1S/C8H14ClNO/c1-3-5-7-10(6-4-2)8(9)11/h4H,2-3,5-7H2,1H3. The molecule has 0 radical (unpaired) electrons. The molecule has 0 unspecified atom stereocenters. The smallest absolute Gasteiger partial charge is 0.316 e. The zero-order valence-electron chi connectivity index (χ0n) is 6.85. The van der Waals surface area contributed by atoms with Gasteiger partial charge in [0, 0.05) is 13.1 Å². The molecule has 0 bridgehead atoms. The highest BCUT2D eigenvalue weighted by Crippen LogP contribution is 1.99. The molecule has 0 saturated heterocycles. The van der Waals surface area contributed by atoms with Gasteiger partial charge in [-0.1, -0.05) is 19.4 Å². The van der Waals surface area contributed by atoms with E-state index in [0.29, 0.717) is 6.54 Å². The van der Waals surface area contributed by atoms with Crippen molar-refractivity contribution in [3.63, 3.8) is 0 Å². The molecular formula is C8H14ClNO. The van der Waals surface area contributed by atoms with Gasteiger partial charge in [-0.15, -0.1) is 6.58 Å². The molecule has 0 aromatic carbocycles. The van der Waals surface area contributed by atoms with Gasteiger partial charge in [-0.05, 0) is 18.0 Å². The van der Waals surface area contributed by atoms with Crippen LogP contribution < -0.4 is 0 Å². The predicted octanol–water partition coefficient (Wildman–Crippen LogP) is 2.63. The first-order valence-corrected chi connectivity index (χ1v) is 4.15. The number of carbonyl (C=O) groups excluding carboxylic acids is 1. The summed E-state index contributed by atoms with van der Waals surface area (Å²) in [4.78, 5) is 12.3. The summed E-state index contributed by atoms with van der Waals surface area (Å²) in [6, 6.07) is 0. The molecule has 11 heavy (non-hydrogen) atoms. The average Bonchev–Trinajstić information content (AvgIpc) is 1.97. The summed E-state index contributed by atoms with van der Waals surface area (Å²) < 4.78 is 0. The van der Waals surface area contributed by atoms with Gasteiger partial charge in [0.1, 0.15) is 0 Å². The van der Waals surface area contributed by atoms with E-state index in [4.69, 9.17) is 11.6 Å². The molecule has 0 N–H and O–H groups in total. The monoisotopic (exact) mass is 175 g/mol. The van der Waals surface area contributed by atoms with Gasteiger partial charge in [0.15, 0.2) is 0 Å². The second-order valence-corrected chi connectivity index (χ2v) is 2.66. The molecule has 0 aliphatic rings. The fourth-order valence-corrected chi connectivity index (χ4v) is 0.909. The van der Waals surface area contributed by atoms with Crippen molar-refractivity contribution in [3.8, 4) is 0 Å². The predicted molar refractivity (Wildman–Crippen MR) is 47.9 cm³/mol. The Morgan fingerprint density at radius 3 is 2.73 bits per heavy atom. The molecule has 0 aromatic rings. The summed E-state index contributed by atoms with van der Waals surface area (Å²) in [7, 11) is 0. The van der Waals surface area contributed by atoms with E-state index in [1.807, 2.05) is 0 Å². The Morgan fingerprint density at radius 2 is 2.36 bits per heavy atom. The molecule has 0 rings (SSSR count). The summed E-state index contributed by atoms with van der Waals surface area (Å²) in [5.74, 6) is 0.